The fourth-order valence-electron chi connectivity index (χ4n) is 2.33. The third-order valence-electron chi connectivity index (χ3n) is 3.23. The number of hydrogen-bond donors (Lipinski definition) is 0. The van der Waals surface area contributed by atoms with Gasteiger partial charge in [-0.25, -0.2) is 4.79 Å². The average Bonchev–Trinajstić information content (AvgIpc) is 2.28. The number of nitrogens with zero attached hydrogens (tertiary/aromatic N) is 2. The summed E-state index contributed by atoms with van der Waals surface area (Å²) in [6.45, 7) is 10.3. The van der Waals surface area contributed by atoms with Crippen LogP contribution in [0.15, 0.2) is 0 Å². The summed E-state index contributed by atoms with van der Waals surface area (Å²) >= 11 is 0. The van der Waals surface area contributed by atoms with Gasteiger partial charge in [-0.15, -0.1) is 0 Å². The first-order valence-corrected chi connectivity index (χ1v) is 6.91. The highest BCUT2D eigenvalue weighted by Crippen LogP contribution is 2.19. The minimum absolute atomic E-state index is 0.00254. The monoisotopic (exact) mass is 286 g/mol. The molecule has 116 valence electrons. The number of methoxy groups -OCH3 is 1. The van der Waals surface area contributed by atoms with E-state index in [1.54, 1.807) is 23.8 Å². The Morgan fingerprint density at radius 2 is 1.80 bits per heavy atom. The Hall–Kier alpha value is -1.30. The number of carbonyl (C=O) groups is 2. The van der Waals surface area contributed by atoms with Crippen LogP contribution in [-0.4, -0.2) is 66.3 Å². The van der Waals surface area contributed by atoms with Crippen molar-refractivity contribution in [1.82, 2.24) is 9.80 Å². The van der Waals surface area contributed by atoms with Gasteiger partial charge in [0.25, 0.3) is 0 Å². The molecule has 1 aliphatic rings. The molecule has 2 amide bonds. The third-order valence-corrected chi connectivity index (χ3v) is 3.23. The van der Waals surface area contributed by atoms with Crippen molar-refractivity contribution in [2.45, 2.75) is 52.3 Å². The van der Waals surface area contributed by atoms with Crippen LogP contribution in [0.4, 0.5) is 4.79 Å². The van der Waals surface area contributed by atoms with E-state index >= 15 is 0 Å². The first-order valence-electron chi connectivity index (χ1n) is 6.91. The SMILES string of the molecule is COC[C@H]1CN(C(=O)OC(C)(C)C)[C@H](C)CN1C(C)=O. The van der Waals surface area contributed by atoms with E-state index in [1.165, 1.54) is 0 Å². The lowest BCUT2D eigenvalue weighted by Gasteiger charge is -2.44. The largest absolute Gasteiger partial charge is 0.444 e. The molecule has 0 unspecified atom stereocenters. The summed E-state index contributed by atoms with van der Waals surface area (Å²) < 4.78 is 10.6. The van der Waals surface area contributed by atoms with Crippen LogP contribution in [0.25, 0.3) is 0 Å². The lowest BCUT2D eigenvalue weighted by Crippen LogP contribution is -2.61. The standard InChI is InChI=1S/C14H26N2O4/c1-10-7-16(11(2)17)12(9-19-6)8-15(10)13(18)20-14(3,4)5/h10,12H,7-9H2,1-6H3/t10-,12-/m1/s1. The highest BCUT2D eigenvalue weighted by molar-refractivity contribution is 5.75. The van der Waals surface area contributed by atoms with Crippen LogP contribution in [-0.2, 0) is 14.3 Å². The molecule has 0 saturated carbocycles. The van der Waals surface area contributed by atoms with E-state index in [4.69, 9.17) is 9.47 Å². The lowest BCUT2D eigenvalue weighted by molar-refractivity contribution is -0.137. The topological polar surface area (TPSA) is 59.1 Å². The highest BCUT2D eigenvalue weighted by atomic mass is 16.6. The second kappa shape index (κ2) is 6.43. The Kier molecular flexibility index (Phi) is 5.39. The van der Waals surface area contributed by atoms with Crippen molar-refractivity contribution < 1.29 is 19.1 Å². The van der Waals surface area contributed by atoms with E-state index in [-0.39, 0.29) is 24.1 Å². The van der Waals surface area contributed by atoms with Gasteiger partial charge in [-0.05, 0) is 27.7 Å². The zero-order valence-electron chi connectivity index (χ0n) is 13.3. The van der Waals surface area contributed by atoms with Crippen LogP contribution in [0.1, 0.15) is 34.6 Å². The zero-order valence-corrected chi connectivity index (χ0v) is 13.3. The van der Waals surface area contributed by atoms with Gasteiger partial charge >= 0.3 is 6.09 Å². The molecule has 6 heteroatoms. The number of ether oxygens (including phenoxy) is 2. The summed E-state index contributed by atoms with van der Waals surface area (Å²) in [7, 11) is 1.59. The maximum Gasteiger partial charge on any atom is 0.410 e. The van der Waals surface area contributed by atoms with Gasteiger partial charge < -0.3 is 19.3 Å². The van der Waals surface area contributed by atoms with Gasteiger partial charge in [-0.3, -0.25) is 4.79 Å². The fourth-order valence-corrected chi connectivity index (χ4v) is 2.33. The molecule has 0 spiro atoms. The van der Waals surface area contributed by atoms with Crippen molar-refractivity contribution in [3.8, 4) is 0 Å². The Balaban J connectivity index is 2.79. The van der Waals surface area contributed by atoms with Gasteiger partial charge in [0.2, 0.25) is 5.91 Å². The third kappa shape index (κ3) is 4.37. The molecule has 1 fully saturated rings. The molecular weight excluding hydrogens is 260 g/mol. The van der Waals surface area contributed by atoms with E-state index in [2.05, 4.69) is 0 Å². The Labute approximate surface area is 121 Å². The molecule has 0 aromatic rings. The molecule has 0 bridgehead atoms. The van der Waals surface area contributed by atoms with E-state index in [0.717, 1.165) is 0 Å². The molecule has 0 radical (unpaired) electrons. The van der Waals surface area contributed by atoms with Gasteiger partial charge in [0.05, 0.1) is 12.6 Å². The number of piperazine rings is 1. The molecule has 0 aromatic carbocycles. The van der Waals surface area contributed by atoms with Crippen molar-refractivity contribution in [2.24, 2.45) is 0 Å². The van der Waals surface area contributed by atoms with E-state index in [1.807, 2.05) is 27.7 Å². The van der Waals surface area contributed by atoms with Crippen LogP contribution >= 0.6 is 0 Å². The molecule has 2 atom stereocenters. The second-order valence-electron chi connectivity index (χ2n) is 6.26. The van der Waals surface area contributed by atoms with Crippen LogP contribution in [0.2, 0.25) is 0 Å². The van der Waals surface area contributed by atoms with Crippen LogP contribution < -0.4 is 0 Å². The predicted molar refractivity (Wildman–Crippen MR) is 75.5 cm³/mol. The Bertz CT molecular complexity index is 365. The minimum atomic E-state index is -0.523. The first-order chi connectivity index (χ1) is 9.15. The van der Waals surface area contributed by atoms with Crippen LogP contribution in [0.3, 0.4) is 0 Å². The second-order valence-corrected chi connectivity index (χ2v) is 6.26. The van der Waals surface area contributed by atoms with Gasteiger partial charge in [0.15, 0.2) is 0 Å². The molecule has 1 saturated heterocycles. The van der Waals surface area contributed by atoms with Crippen molar-refractivity contribution in [3.05, 3.63) is 0 Å². The maximum absolute atomic E-state index is 12.2. The van der Waals surface area contributed by atoms with E-state index in [0.29, 0.717) is 19.7 Å². The highest BCUT2D eigenvalue weighted by Gasteiger charge is 2.37. The predicted octanol–water partition coefficient (Wildman–Crippen LogP) is 1.49. The van der Waals surface area contributed by atoms with Crippen molar-refractivity contribution in [3.63, 3.8) is 0 Å². The lowest BCUT2D eigenvalue weighted by atomic mass is 10.1. The molecule has 1 rings (SSSR count). The molecule has 6 nitrogen and oxygen atoms in total. The number of amides is 2. The smallest absolute Gasteiger partial charge is 0.410 e. The number of hydrogen-bond acceptors (Lipinski definition) is 4. The summed E-state index contributed by atoms with van der Waals surface area (Å²) in [5, 5.41) is 0. The van der Waals surface area contributed by atoms with Crippen molar-refractivity contribution in [1.29, 1.82) is 0 Å². The molecule has 0 aromatic heterocycles. The summed E-state index contributed by atoms with van der Waals surface area (Å²) in [4.78, 5) is 27.3. The first kappa shape index (κ1) is 16.8. The number of carbonyl (C=O) groups excluding carboxylic acids is 2. The van der Waals surface area contributed by atoms with Crippen molar-refractivity contribution >= 4 is 12.0 Å². The quantitative estimate of drug-likeness (QED) is 0.771. The molecular formula is C14H26N2O4. The van der Waals surface area contributed by atoms with Gasteiger partial charge in [-0.1, -0.05) is 0 Å². The van der Waals surface area contributed by atoms with Gasteiger partial charge in [0, 0.05) is 33.2 Å². The van der Waals surface area contributed by atoms with Crippen LogP contribution in [0.5, 0.6) is 0 Å². The summed E-state index contributed by atoms with van der Waals surface area (Å²) in [5.41, 5.74) is -0.523. The summed E-state index contributed by atoms with van der Waals surface area (Å²) in [6.07, 6.45) is -0.339. The van der Waals surface area contributed by atoms with Crippen molar-refractivity contribution in [2.75, 3.05) is 26.8 Å². The Morgan fingerprint density at radius 1 is 1.20 bits per heavy atom. The minimum Gasteiger partial charge on any atom is -0.444 e. The molecule has 0 aliphatic carbocycles. The van der Waals surface area contributed by atoms with E-state index < -0.39 is 5.60 Å². The molecule has 0 N–H and O–H groups in total. The van der Waals surface area contributed by atoms with Gasteiger partial charge in [-0.2, -0.15) is 0 Å². The summed E-state index contributed by atoms with van der Waals surface area (Å²) in [5.74, 6) is 0.00254. The average molecular weight is 286 g/mol. The maximum atomic E-state index is 12.2. The molecule has 1 heterocycles. The summed E-state index contributed by atoms with van der Waals surface area (Å²) in [6, 6.07) is -0.192. The normalized spacial score (nSPS) is 23.7. The Morgan fingerprint density at radius 3 is 2.25 bits per heavy atom. The van der Waals surface area contributed by atoms with Gasteiger partial charge in [0.1, 0.15) is 5.60 Å². The fraction of sp³-hybridized carbons (Fsp3) is 0.857. The number of rotatable bonds is 2. The zero-order chi connectivity index (χ0) is 15.5. The molecule has 20 heavy (non-hydrogen) atoms. The van der Waals surface area contributed by atoms with Crippen LogP contribution in [0, 0.1) is 0 Å². The molecule has 1 aliphatic heterocycles. The van der Waals surface area contributed by atoms with E-state index in [9.17, 15) is 9.59 Å².